The van der Waals surface area contributed by atoms with Crippen molar-refractivity contribution in [3.8, 4) is 0 Å². The first-order valence-corrected chi connectivity index (χ1v) is 5.81. The molecular weight excluding hydrogens is 212 g/mol. The molecule has 2 aromatic rings. The van der Waals surface area contributed by atoms with Gasteiger partial charge in [-0.1, -0.05) is 30.3 Å². The summed E-state index contributed by atoms with van der Waals surface area (Å²) in [5, 5.41) is 7.70. The van der Waals surface area contributed by atoms with E-state index in [1.165, 1.54) is 5.56 Å². The van der Waals surface area contributed by atoms with Gasteiger partial charge in [0, 0.05) is 0 Å². The van der Waals surface area contributed by atoms with E-state index < -0.39 is 0 Å². The SMILES string of the molecule is CNC(Cn1nc(C)nc1C)c1ccccc1. The molecule has 17 heavy (non-hydrogen) atoms. The number of hydrogen-bond donors (Lipinski definition) is 1. The summed E-state index contributed by atoms with van der Waals surface area (Å²) in [6, 6.07) is 10.6. The number of aryl methyl sites for hydroxylation is 2. The van der Waals surface area contributed by atoms with Crippen molar-refractivity contribution < 1.29 is 0 Å². The standard InChI is InChI=1S/C13H18N4/c1-10-15-11(2)17(16-10)9-13(14-3)12-7-5-4-6-8-12/h4-8,13-14H,9H2,1-3H3. The molecule has 0 bridgehead atoms. The highest BCUT2D eigenvalue weighted by molar-refractivity contribution is 5.18. The summed E-state index contributed by atoms with van der Waals surface area (Å²) in [5.74, 6) is 1.78. The molecule has 0 aliphatic heterocycles. The summed E-state index contributed by atoms with van der Waals surface area (Å²) in [6.07, 6.45) is 0. The maximum absolute atomic E-state index is 4.39. The van der Waals surface area contributed by atoms with E-state index in [1.807, 2.05) is 31.6 Å². The molecule has 1 aromatic heterocycles. The van der Waals surface area contributed by atoms with Gasteiger partial charge in [0.1, 0.15) is 11.6 Å². The highest BCUT2D eigenvalue weighted by atomic mass is 15.3. The smallest absolute Gasteiger partial charge is 0.147 e. The molecule has 2 rings (SSSR count). The van der Waals surface area contributed by atoms with Gasteiger partial charge in [0.2, 0.25) is 0 Å². The molecule has 0 spiro atoms. The summed E-state index contributed by atoms with van der Waals surface area (Å²) < 4.78 is 1.95. The van der Waals surface area contributed by atoms with E-state index in [1.54, 1.807) is 0 Å². The highest BCUT2D eigenvalue weighted by Gasteiger charge is 2.12. The van der Waals surface area contributed by atoms with Crippen molar-refractivity contribution in [2.24, 2.45) is 0 Å². The van der Waals surface area contributed by atoms with Crippen molar-refractivity contribution in [2.45, 2.75) is 26.4 Å². The molecule has 1 unspecified atom stereocenters. The third-order valence-corrected chi connectivity index (χ3v) is 2.87. The summed E-state index contributed by atoms with van der Waals surface area (Å²) >= 11 is 0. The van der Waals surface area contributed by atoms with Gasteiger partial charge in [-0.25, -0.2) is 9.67 Å². The fourth-order valence-corrected chi connectivity index (χ4v) is 1.96. The van der Waals surface area contributed by atoms with E-state index in [9.17, 15) is 0 Å². The molecule has 1 aromatic carbocycles. The maximum atomic E-state index is 4.39. The van der Waals surface area contributed by atoms with Crippen LogP contribution < -0.4 is 5.32 Å². The Morgan fingerprint density at radius 2 is 1.94 bits per heavy atom. The fourth-order valence-electron chi connectivity index (χ4n) is 1.96. The second-order valence-electron chi connectivity index (χ2n) is 4.14. The van der Waals surface area contributed by atoms with E-state index in [4.69, 9.17) is 0 Å². The van der Waals surface area contributed by atoms with Gasteiger partial charge in [-0.15, -0.1) is 0 Å². The quantitative estimate of drug-likeness (QED) is 0.871. The number of aromatic nitrogens is 3. The molecule has 1 atom stereocenters. The van der Waals surface area contributed by atoms with E-state index in [0.717, 1.165) is 18.2 Å². The minimum atomic E-state index is 0.260. The van der Waals surface area contributed by atoms with Crippen LogP contribution in [0.1, 0.15) is 23.3 Å². The van der Waals surface area contributed by atoms with Gasteiger partial charge < -0.3 is 5.32 Å². The number of nitrogens with one attached hydrogen (secondary N) is 1. The molecule has 0 radical (unpaired) electrons. The first-order chi connectivity index (χ1) is 8.20. The van der Waals surface area contributed by atoms with Crippen molar-refractivity contribution in [3.63, 3.8) is 0 Å². The number of nitrogens with zero attached hydrogens (tertiary/aromatic N) is 3. The normalized spacial score (nSPS) is 12.6. The van der Waals surface area contributed by atoms with Crippen molar-refractivity contribution in [1.82, 2.24) is 20.1 Å². The van der Waals surface area contributed by atoms with Crippen LogP contribution in [0.3, 0.4) is 0 Å². The van der Waals surface area contributed by atoms with Gasteiger partial charge in [0.25, 0.3) is 0 Å². The highest BCUT2D eigenvalue weighted by Crippen LogP contribution is 2.14. The molecule has 1 N–H and O–H groups in total. The second-order valence-corrected chi connectivity index (χ2v) is 4.14. The molecule has 90 valence electrons. The lowest BCUT2D eigenvalue weighted by molar-refractivity contribution is 0.458. The average Bonchev–Trinajstić information content (AvgIpc) is 2.66. The van der Waals surface area contributed by atoms with Gasteiger partial charge >= 0.3 is 0 Å². The molecule has 0 saturated heterocycles. The first-order valence-electron chi connectivity index (χ1n) is 5.81. The molecule has 0 fully saturated rings. The third kappa shape index (κ3) is 2.71. The zero-order valence-corrected chi connectivity index (χ0v) is 10.5. The average molecular weight is 230 g/mol. The predicted octanol–water partition coefficient (Wildman–Crippen LogP) is 1.86. The number of hydrogen-bond acceptors (Lipinski definition) is 3. The Bertz CT molecular complexity index is 475. The van der Waals surface area contributed by atoms with Crippen LogP contribution >= 0.6 is 0 Å². The number of benzene rings is 1. The van der Waals surface area contributed by atoms with E-state index in [2.05, 4.69) is 39.7 Å². The van der Waals surface area contributed by atoms with E-state index in [-0.39, 0.29) is 6.04 Å². The molecule has 0 aliphatic rings. The Labute approximate surface area is 102 Å². The zero-order chi connectivity index (χ0) is 12.3. The zero-order valence-electron chi connectivity index (χ0n) is 10.5. The Hall–Kier alpha value is -1.68. The van der Waals surface area contributed by atoms with Crippen molar-refractivity contribution in [2.75, 3.05) is 7.05 Å². The van der Waals surface area contributed by atoms with Crippen LogP contribution in [0.2, 0.25) is 0 Å². The van der Waals surface area contributed by atoms with Gasteiger partial charge in [-0.05, 0) is 26.5 Å². The van der Waals surface area contributed by atoms with Crippen molar-refractivity contribution >= 4 is 0 Å². The van der Waals surface area contributed by atoms with Crippen LogP contribution in [0.15, 0.2) is 30.3 Å². The largest absolute Gasteiger partial charge is 0.311 e. The summed E-state index contributed by atoms with van der Waals surface area (Å²) in [7, 11) is 1.97. The van der Waals surface area contributed by atoms with Gasteiger partial charge in [0.15, 0.2) is 0 Å². The Balaban J connectivity index is 2.18. The Morgan fingerprint density at radius 1 is 1.24 bits per heavy atom. The molecular formula is C13H18N4. The lowest BCUT2D eigenvalue weighted by Crippen LogP contribution is -2.23. The molecule has 0 aliphatic carbocycles. The minimum absolute atomic E-state index is 0.260. The lowest BCUT2D eigenvalue weighted by Gasteiger charge is -2.17. The minimum Gasteiger partial charge on any atom is -0.311 e. The monoisotopic (exact) mass is 230 g/mol. The summed E-state index contributed by atoms with van der Waals surface area (Å²) in [5.41, 5.74) is 1.27. The molecule has 4 heteroatoms. The maximum Gasteiger partial charge on any atom is 0.147 e. The van der Waals surface area contributed by atoms with Gasteiger partial charge in [-0.3, -0.25) is 0 Å². The predicted molar refractivity (Wildman–Crippen MR) is 67.7 cm³/mol. The molecule has 0 amide bonds. The third-order valence-electron chi connectivity index (χ3n) is 2.87. The lowest BCUT2D eigenvalue weighted by atomic mass is 10.1. The molecule has 4 nitrogen and oxygen atoms in total. The first kappa shape index (κ1) is 11.8. The van der Waals surface area contributed by atoms with Crippen LogP contribution in [-0.2, 0) is 6.54 Å². The van der Waals surface area contributed by atoms with Crippen LogP contribution in [0.4, 0.5) is 0 Å². The van der Waals surface area contributed by atoms with Crippen molar-refractivity contribution in [1.29, 1.82) is 0 Å². The van der Waals surface area contributed by atoms with Crippen LogP contribution in [0.25, 0.3) is 0 Å². The fraction of sp³-hybridized carbons (Fsp3) is 0.385. The molecule has 0 saturated carbocycles. The summed E-state index contributed by atoms with van der Waals surface area (Å²) in [6.45, 7) is 4.70. The van der Waals surface area contributed by atoms with E-state index in [0.29, 0.717) is 0 Å². The van der Waals surface area contributed by atoms with Crippen molar-refractivity contribution in [3.05, 3.63) is 47.5 Å². The van der Waals surface area contributed by atoms with E-state index >= 15 is 0 Å². The number of rotatable bonds is 4. The Morgan fingerprint density at radius 3 is 2.47 bits per heavy atom. The topological polar surface area (TPSA) is 42.7 Å². The molecule has 1 heterocycles. The van der Waals surface area contributed by atoms with Gasteiger partial charge in [0.05, 0.1) is 12.6 Å². The van der Waals surface area contributed by atoms with Crippen LogP contribution in [0, 0.1) is 13.8 Å². The van der Waals surface area contributed by atoms with Crippen LogP contribution in [0.5, 0.6) is 0 Å². The number of likely N-dealkylation sites (N-methyl/N-ethyl adjacent to an activating group) is 1. The second kappa shape index (κ2) is 5.10. The van der Waals surface area contributed by atoms with Gasteiger partial charge in [-0.2, -0.15) is 5.10 Å². The van der Waals surface area contributed by atoms with Crippen LogP contribution in [-0.4, -0.2) is 21.8 Å². The Kier molecular flexibility index (Phi) is 3.54. The summed E-state index contributed by atoms with van der Waals surface area (Å²) in [4.78, 5) is 4.32.